The van der Waals surface area contributed by atoms with Crippen molar-refractivity contribution >= 4 is 17.5 Å². The molecule has 0 heterocycles. The lowest BCUT2D eigenvalue weighted by molar-refractivity contribution is -0.123. The number of carbonyl (C=O) groups excluding carboxylic acids is 2. The molecule has 1 aromatic rings. The highest BCUT2D eigenvalue weighted by molar-refractivity contribution is 5.97. The summed E-state index contributed by atoms with van der Waals surface area (Å²) in [5.41, 5.74) is -0.501. The van der Waals surface area contributed by atoms with Crippen LogP contribution in [0.4, 0.5) is 14.5 Å². The summed E-state index contributed by atoms with van der Waals surface area (Å²) in [5.74, 6) is -2.82. The fraction of sp³-hybridized carbons (Fsp3) is 0.429. The summed E-state index contributed by atoms with van der Waals surface area (Å²) in [4.78, 5) is 24.1. The summed E-state index contributed by atoms with van der Waals surface area (Å²) in [7, 11) is 0. The van der Waals surface area contributed by atoms with E-state index in [0.29, 0.717) is 0 Å². The number of halogens is 2. The van der Waals surface area contributed by atoms with E-state index in [4.69, 9.17) is 0 Å². The Labute approximate surface area is 116 Å². The molecule has 4 nitrogen and oxygen atoms in total. The minimum Gasteiger partial charge on any atom is -0.352 e. The Bertz CT molecular complexity index is 486. The number of benzene rings is 1. The van der Waals surface area contributed by atoms with Crippen molar-refractivity contribution in [3.63, 3.8) is 0 Å². The Hall–Kier alpha value is -1.98. The molecule has 110 valence electrons. The van der Waals surface area contributed by atoms with Gasteiger partial charge in [-0.15, -0.1) is 0 Å². The molecule has 0 radical (unpaired) electrons. The molecule has 0 aliphatic rings. The van der Waals surface area contributed by atoms with Crippen LogP contribution >= 0.6 is 0 Å². The fourth-order valence-corrected chi connectivity index (χ4v) is 1.66. The normalized spacial score (nSPS) is 11.8. The van der Waals surface area contributed by atoms with Crippen molar-refractivity contribution in [3.05, 3.63) is 29.8 Å². The van der Waals surface area contributed by atoms with Gasteiger partial charge in [-0.3, -0.25) is 14.5 Å². The number of hydrogen-bond donors (Lipinski definition) is 1. The number of nitrogens with one attached hydrogen (secondary N) is 1. The molecule has 1 atom stereocenters. The zero-order valence-electron chi connectivity index (χ0n) is 11.7. The van der Waals surface area contributed by atoms with Gasteiger partial charge in [-0.1, -0.05) is 13.0 Å². The van der Waals surface area contributed by atoms with Crippen molar-refractivity contribution < 1.29 is 18.4 Å². The Morgan fingerprint density at radius 3 is 2.30 bits per heavy atom. The lowest BCUT2D eigenvalue weighted by Crippen LogP contribution is -2.43. The molecule has 0 aromatic heterocycles. The van der Waals surface area contributed by atoms with Crippen LogP contribution in [0, 0.1) is 11.6 Å². The number of nitrogens with zero attached hydrogens (tertiary/aromatic N) is 1. The largest absolute Gasteiger partial charge is 0.352 e. The monoisotopic (exact) mass is 284 g/mol. The lowest BCUT2D eigenvalue weighted by Gasteiger charge is -2.22. The zero-order chi connectivity index (χ0) is 15.3. The standard InChI is InChI=1S/C14H18F2N2O2/c1-4-9(2)17-13(20)8-18(10(3)19)14-11(15)6-5-7-12(14)16/h5-7,9H,4,8H2,1-3H3,(H,17,20). The topological polar surface area (TPSA) is 49.4 Å². The van der Waals surface area contributed by atoms with Crippen LogP contribution in [0.15, 0.2) is 18.2 Å². The maximum atomic E-state index is 13.7. The van der Waals surface area contributed by atoms with Gasteiger partial charge in [0.1, 0.15) is 23.9 Å². The van der Waals surface area contributed by atoms with Gasteiger partial charge in [0.25, 0.3) is 0 Å². The van der Waals surface area contributed by atoms with Gasteiger partial charge in [0.2, 0.25) is 11.8 Å². The van der Waals surface area contributed by atoms with Gasteiger partial charge in [-0.25, -0.2) is 8.78 Å². The average molecular weight is 284 g/mol. The molecule has 1 unspecified atom stereocenters. The highest BCUT2D eigenvalue weighted by Crippen LogP contribution is 2.23. The van der Waals surface area contributed by atoms with Gasteiger partial charge in [0, 0.05) is 13.0 Å². The van der Waals surface area contributed by atoms with Crippen molar-refractivity contribution in [2.75, 3.05) is 11.4 Å². The molecule has 0 saturated carbocycles. The third-order valence-corrected chi connectivity index (χ3v) is 2.91. The third kappa shape index (κ3) is 4.01. The van der Waals surface area contributed by atoms with Crippen LogP contribution in [-0.2, 0) is 9.59 Å². The molecule has 20 heavy (non-hydrogen) atoms. The molecule has 6 heteroatoms. The van der Waals surface area contributed by atoms with Crippen LogP contribution in [0.1, 0.15) is 27.2 Å². The molecule has 0 saturated heterocycles. The molecular weight excluding hydrogens is 266 g/mol. The van der Waals surface area contributed by atoms with E-state index in [0.717, 1.165) is 30.4 Å². The highest BCUT2D eigenvalue weighted by atomic mass is 19.1. The predicted octanol–water partition coefficient (Wildman–Crippen LogP) is 2.23. The first-order valence-corrected chi connectivity index (χ1v) is 6.38. The first kappa shape index (κ1) is 16.1. The fourth-order valence-electron chi connectivity index (χ4n) is 1.66. The maximum Gasteiger partial charge on any atom is 0.240 e. The SMILES string of the molecule is CCC(C)NC(=O)CN(C(C)=O)c1c(F)cccc1F. The van der Waals surface area contributed by atoms with Gasteiger partial charge in [0.05, 0.1) is 0 Å². The first-order valence-electron chi connectivity index (χ1n) is 6.38. The second kappa shape index (κ2) is 6.98. The van der Waals surface area contributed by atoms with Crippen LogP contribution in [-0.4, -0.2) is 24.4 Å². The van der Waals surface area contributed by atoms with Gasteiger partial charge in [0.15, 0.2) is 0 Å². The van der Waals surface area contributed by atoms with E-state index < -0.39 is 35.7 Å². The molecule has 0 aliphatic heterocycles. The van der Waals surface area contributed by atoms with E-state index >= 15 is 0 Å². The van der Waals surface area contributed by atoms with Crippen molar-refractivity contribution in [2.24, 2.45) is 0 Å². The van der Waals surface area contributed by atoms with E-state index in [1.807, 2.05) is 6.92 Å². The van der Waals surface area contributed by atoms with E-state index in [2.05, 4.69) is 5.32 Å². The van der Waals surface area contributed by atoms with Crippen molar-refractivity contribution in [1.82, 2.24) is 5.32 Å². The van der Waals surface area contributed by atoms with Crippen LogP contribution in [0.25, 0.3) is 0 Å². The van der Waals surface area contributed by atoms with Crippen molar-refractivity contribution in [3.8, 4) is 0 Å². The summed E-state index contributed by atoms with van der Waals surface area (Å²) in [6.07, 6.45) is 0.722. The molecule has 1 aromatic carbocycles. The number of para-hydroxylation sites is 1. The minimum absolute atomic E-state index is 0.0678. The Kier molecular flexibility index (Phi) is 5.61. The van der Waals surface area contributed by atoms with Gasteiger partial charge in [-0.05, 0) is 25.5 Å². The van der Waals surface area contributed by atoms with Gasteiger partial charge in [-0.2, -0.15) is 0 Å². The van der Waals surface area contributed by atoms with E-state index in [-0.39, 0.29) is 6.04 Å². The average Bonchev–Trinajstić information content (AvgIpc) is 2.36. The summed E-state index contributed by atoms with van der Waals surface area (Å²) >= 11 is 0. The maximum absolute atomic E-state index is 13.7. The van der Waals surface area contributed by atoms with Crippen LogP contribution in [0.5, 0.6) is 0 Å². The summed E-state index contributed by atoms with van der Waals surface area (Å²) < 4.78 is 27.3. The summed E-state index contributed by atoms with van der Waals surface area (Å²) in [6.45, 7) is 4.43. The summed E-state index contributed by atoms with van der Waals surface area (Å²) in [5, 5.41) is 2.65. The molecule has 0 bridgehead atoms. The molecule has 0 spiro atoms. The number of rotatable bonds is 5. The third-order valence-electron chi connectivity index (χ3n) is 2.91. The van der Waals surface area contributed by atoms with Crippen molar-refractivity contribution in [2.45, 2.75) is 33.2 Å². The Morgan fingerprint density at radius 1 is 1.30 bits per heavy atom. The van der Waals surface area contributed by atoms with Crippen LogP contribution in [0.2, 0.25) is 0 Å². The predicted molar refractivity (Wildman–Crippen MR) is 72.3 cm³/mol. The second-order valence-electron chi connectivity index (χ2n) is 4.55. The smallest absolute Gasteiger partial charge is 0.240 e. The van der Waals surface area contributed by atoms with E-state index in [9.17, 15) is 18.4 Å². The molecular formula is C14H18F2N2O2. The number of hydrogen-bond acceptors (Lipinski definition) is 2. The quantitative estimate of drug-likeness (QED) is 0.901. The highest BCUT2D eigenvalue weighted by Gasteiger charge is 2.22. The number of amides is 2. The minimum atomic E-state index is -0.878. The van der Waals surface area contributed by atoms with Gasteiger partial charge < -0.3 is 5.32 Å². The summed E-state index contributed by atoms with van der Waals surface area (Å²) in [6, 6.07) is 3.22. The van der Waals surface area contributed by atoms with Crippen LogP contribution < -0.4 is 10.2 Å². The molecule has 0 fully saturated rings. The molecule has 2 amide bonds. The second-order valence-corrected chi connectivity index (χ2v) is 4.55. The zero-order valence-corrected chi connectivity index (χ0v) is 11.7. The lowest BCUT2D eigenvalue weighted by atomic mass is 10.2. The first-order chi connectivity index (χ1) is 9.36. The number of carbonyl (C=O) groups is 2. The van der Waals surface area contributed by atoms with Crippen LogP contribution in [0.3, 0.4) is 0 Å². The Morgan fingerprint density at radius 2 is 1.85 bits per heavy atom. The molecule has 1 N–H and O–H groups in total. The molecule has 1 rings (SSSR count). The van der Waals surface area contributed by atoms with Gasteiger partial charge >= 0.3 is 0 Å². The molecule has 0 aliphatic carbocycles. The van der Waals surface area contributed by atoms with Crippen molar-refractivity contribution in [1.29, 1.82) is 0 Å². The number of anilines is 1. The Balaban J connectivity index is 2.96. The van der Waals surface area contributed by atoms with E-state index in [1.54, 1.807) is 6.92 Å². The van der Waals surface area contributed by atoms with E-state index in [1.165, 1.54) is 6.07 Å².